The van der Waals surface area contributed by atoms with Crippen molar-refractivity contribution in [2.45, 2.75) is 5.41 Å². The molecule has 0 bridgehead atoms. The zero-order chi connectivity index (χ0) is 33.7. The number of nitrogens with zero attached hydrogens (tertiary/aromatic N) is 3. The van der Waals surface area contributed by atoms with Crippen molar-refractivity contribution in [3.05, 3.63) is 198 Å². The molecule has 1 aliphatic rings. The molecule has 0 saturated heterocycles. The molecule has 0 radical (unpaired) electrons. The third-order valence-corrected chi connectivity index (χ3v) is 12.2. The van der Waals surface area contributed by atoms with Gasteiger partial charge < -0.3 is 13.4 Å². The molecule has 0 atom stereocenters. The molecule has 0 fully saturated rings. The molecule has 52 heavy (non-hydrogen) atoms. The molecule has 12 aromatic rings. The Morgan fingerprint density at radius 2 is 0.808 bits per heavy atom. The largest absolute Gasteiger partial charge is 0.309 e. The van der Waals surface area contributed by atoms with Crippen LogP contribution >= 0.6 is 0 Å². The zero-order valence-corrected chi connectivity index (χ0v) is 28.1. The number of aromatic nitrogens is 3. The van der Waals surface area contributed by atoms with Crippen LogP contribution in [0.5, 0.6) is 0 Å². The molecule has 0 amide bonds. The predicted molar refractivity (Wildman–Crippen MR) is 216 cm³/mol. The lowest BCUT2D eigenvalue weighted by Crippen LogP contribution is -2.35. The molecule has 3 nitrogen and oxygen atoms in total. The Hall–Kier alpha value is -6.84. The molecule has 0 spiro atoms. The Bertz CT molecular complexity index is 3410. The molecule has 0 saturated carbocycles. The van der Waals surface area contributed by atoms with E-state index in [0.29, 0.717) is 0 Å². The summed E-state index contributed by atoms with van der Waals surface area (Å²) in [5.41, 5.74) is 15.9. The van der Waals surface area contributed by atoms with Crippen molar-refractivity contribution in [1.82, 2.24) is 13.4 Å². The third kappa shape index (κ3) is 2.92. The third-order valence-electron chi connectivity index (χ3n) is 12.2. The van der Waals surface area contributed by atoms with E-state index in [1.807, 2.05) is 0 Å². The van der Waals surface area contributed by atoms with Gasteiger partial charge in [-0.05, 0) is 58.7 Å². The second kappa shape index (κ2) is 9.28. The normalized spacial score (nSPS) is 13.9. The standard InChI is InChI=1S/C49H29N3/c1-3-14-30(15-4-1)49(31-16-5-2-6-17-31)36-22-8-10-25-39(36)51-40-28-29-41-45(44(40)34-20-11-23-37(49)46(34)51)35-21-13-27-43-48(35)52(41)42-26-12-19-33-32-18-7-9-24-38(32)50(43)47(33)42/h1-29H. The molecule has 8 aromatic carbocycles. The second-order valence-corrected chi connectivity index (χ2v) is 14.4. The number of fused-ring (bicyclic) bond motifs is 14. The van der Waals surface area contributed by atoms with Gasteiger partial charge in [0.2, 0.25) is 0 Å². The summed E-state index contributed by atoms with van der Waals surface area (Å²) in [6, 6.07) is 65.6. The van der Waals surface area contributed by atoms with Crippen LogP contribution in [0.15, 0.2) is 176 Å². The first-order chi connectivity index (χ1) is 25.9. The van der Waals surface area contributed by atoms with Crippen molar-refractivity contribution in [3.8, 4) is 5.69 Å². The van der Waals surface area contributed by atoms with Crippen LogP contribution in [0.2, 0.25) is 0 Å². The van der Waals surface area contributed by atoms with Crippen molar-refractivity contribution in [1.29, 1.82) is 0 Å². The summed E-state index contributed by atoms with van der Waals surface area (Å²) < 4.78 is 7.60. The van der Waals surface area contributed by atoms with Crippen LogP contribution in [0.25, 0.3) is 82.1 Å². The van der Waals surface area contributed by atoms with Crippen LogP contribution in [0.3, 0.4) is 0 Å². The number of benzene rings is 8. The molecule has 1 aliphatic heterocycles. The minimum Gasteiger partial charge on any atom is -0.309 e. The summed E-state index contributed by atoms with van der Waals surface area (Å²) in [6.45, 7) is 0. The second-order valence-electron chi connectivity index (χ2n) is 14.4. The molecule has 4 aromatic heterocycles. The monoisotopic (exact) mass is 659 g/mol. The van der Waals surface area contributed by atoms with Gasteiger partial charge in [0.1, 0.15) is 0 Å². The van der Waals surface area contributed by atoms with Crippen LogP contribution in [0, 0.1) is 0 Å². The summed E-state index contributed by atoms with van der Waals surface area (Å²) in [6.07, 6.45) is 0. The molecular weight excluding hydrogens is 631 g/mol. The smallest absolute Gasteiger partial charge is 0.0783 e. The van der Waals surface area contributed by atoms with Gasteiger partial charge in [0.25, 0.3) is 0 Å². The van der Waals surface area contributed by atoms with Gasteiger partial charge in [0.05, 0.1) is 55.2 Å². The summed E-state index contributed by atoms with van der Waals surface area (Å²) in [7, 11) is 0. The van der Waals surface area contributed by atoms with Crippen LogP contribution < -0.4 is 0 Å². The summed E-state index contributed by atoms with van der Waals surface area (Å²) in [5.74, 6) is 0. The fourth-order valence-electron chi connectivity index (χ4n) is 10.4. The molecule has 5 heterocycles. The summed E-state index contributed by atoms with van der Waals surface area (Å²) in [5, 5.41) is 7.78. The number of hydrogen-bond acceptors (Lipinski definition) is 0. The Morgan fingerprint density at radius 1 is 0.308 bits per heavy atom. The number of para-hydroxylation sites is 5. The van der Waals surface area contributed by atoms with Gasteiger partial charge in [-0.2, -0.15) is 0 Å². The van der Waals surface area contributed by atoms with E-state index in [9.17, 15) is 0 Å². The van der Waals surface area contributed by atoms with Crippen molar-refractivity contribution >= 4 is 76.5 Å². The number of hydrogen-bond donors (Lipinski definition) is 0. The van der Waals surface area contributed by atoms with Crippen molar-refractivity contribution in [2.24, 2.45) is 0 Å². The van der Waals surface area contributed by atoms with E-state index in [0.717, 1.165) is 0 Å². The summed E-state index contributed by atoms with van der Waals surface area (Å²) in [4.78, 5) is 0. The summed E-state index contributed by atoms with van der Waals surface area (Å²) >= 11 is 0. The Labute approximate surface area is 298 Å². The molecule has 0 N–H and O–H groups in total. The topological polar surface area (TPSA) is 13.8 Å². The van der Waals surface area contributed by atoms with Crippen molar-refractivity contribution in [3.63, 3.8) is 0 Å². The SMILES string of the molecule is c1ccc(C2(c3ccccc3)c3ccccc3-n3c4ccc5c(c6cccc7c6n5c5cccc6c8ccccc8n7c65)c4c4cccc2c43)cc1. The maximum Gasteiger partial charge on any atom is 0.0783 e. The Balaban J connectivity index is 1.28. The average Bonchev–Trinajstić information content (AvgIpc) is 3.86. The van der Waals surface area contributed by atoms with Gasteiger partial charge in [-0.15, -0.1) is 0 Å². The van der Waals surface area contributed by atoms with E-state index in [2.05, 4.69) is 189 Å². The first kappa shape index (κ1) is 27.0. The Morgan fingerprint density at radius 3 is 1.58 bits per heavy atom. The molecule has 0 aliphatic carbocycles. The van der Waals surface area contributed by atoms with E-state index >= 15 is 0 Å². The quantitative estimate of drug-likeness (QED) is 0.164. The molecule has 0 unspecified atom stereocenters. The highest BCUT2D eigenvalue weighted by molar-refractivity contribution is 6.32. The fraction of sp³-hybridized carbons (Fsp3) is 0.0204. The minimum atomic E-state index is -0.494. The van der Waals surface area contributed by atoms with E-state index in [4.69, 9.17) is 0 Å². The fourth-order valence-corrected chi connectivity index (χ4v) is 10.4. The highest BCUT2D eigenvalue weighted by Crippen LogP contribution is 2.55. The van der Waals surface area contributed by atoms with Gasteiger partial charge in [-0.1, -0.05) is 140 Å². The predicted octanol–water partition coefficient (Wildman–Crippen LogP) is 12.0. The van der Waals surface area contributed by atoms with E-state index in [1.54, 1.807) is 0 Å². The zero-order valence-electron chi connectivity index (χ0n) is 28.1. The van der Waals surface area contributed by atoms with Crippen molar-refractivity contribution in [2.75, 3.05) is 0 Å². The van der Waals surface area contributed by atoms with Gasteiger partial charge in [0, 0.05) is 32.3 Å². The van der Waals surface area contributed by atoms with Gasteiger partial charge in [-0.25, -0.2) is 0 Å². The molecular formula is C49H29N3. The van der Waals surface area contributed by atoms with Gasteiger partial charge in [-0.3, -0.25) is 0 Å². The number of rotatable bonds is 2. The average molecular weight is 660 g/mol. The van der Waals surface area contributed by atoms with Gasteiger partial charge in [0.15, 0.2) is 0 Å². The molecule has 13 rings (SSSR count). The molecule has 3 heteroatoms. The van der Waals surface area contributed by atoms with Crippen LogP contribution in [0.4, 0.5) is 0 Å². The van der Waals surface area contributed by atoms with E-state index in [-0.39, 0.29) is 0 Å². The van der Waals surface area contributed by atoms with Crippen LogP contribution in [0.1, 0.15) is 22.3 Å². The maximum atomic E-state index is 2.56. The van der Waals surface area contributed by atoms with Crippen LogP contribution in [-0.2, 0) is 5.41 Å². The van der Waals surface area contributed by atoms with Crippen molar-refractivity contribution < 1.29 is 0 Å². The highest BCUT2D eigenvalue weighted by Gasteiger charge is 2.45. The van der Waals surface area contributed by atoms with E-state index in [1.165, 1.54) is 104 Å². The highest BCUT2D eigenvalue weighted by atomic mass is 15.0. The first-order valence-corrected chi connectivity index (χ1v) is 18.1. The Kier molecular flexibility index (Phi) is 4.81. The maximum absolute atomic E-state index is 2.56. The van der Waals surface area contributed by atoms with Crippen LogP contribution in [-0.4, -0.2) is 13.4 Å². The first-order valence-electron chi connectivity index (χ1n) is 18.1. The lowest BCUT2D eigenvalue weighted by Gasteiger charge is -2.41. The lowest BCUT2D eigenvalue weighted by atomic mass is 9.63. The minimum absolute atomic E-state index is 0.494. The van der Waals surface area contributed by atoms with E-state index < -0.39 is 5.41 Å². The lowest BCUT2D eigenvalue weighted by molar-refractivity contribution is 0.728. The van der Waals surface area contributed by atoms with Gasteiger partial charge >= 0.3 is 0 Å². The molecule has 240 valence electrons.